The Balaban J connectivity index is 2.40. The van der Waals surface area contributed by atoms with Crippen LogP contribution in [-0.4, -0.2) is 6.29 Å². The quantitative estimate of drug-likeness (QED) is 0.864. The van der Waals surface area contributed by atoms with E-state index >= 15 is 0 Å². The smallest absolute Gasteiger partial charge is 0.150 e. The molecule has 0 bridgehead atoms. The predicted octanol–water partition coefficient (Wildman–Crippen LogP) is 4.16. The number of carbonyl (C=O) groups excluding carboxylic acids is 1. The van der Waals surface area contributed by atoms with E-state index in [4.69, 9.17) is 28.9 Å². The fraction of sp³-hybridized carbons (Fsp3) is 0.133. The molecule has 2 aromatic rings. The van der Waals surface area contributed by atoms with Gasteiger partial charge in [-0.25, -0.2) is 0 Å². The second-order valence-electron chi connectivity index (χ2n) is 4.41. The molecular formula is C15H13Cl2NO. The van der Waals surface area contributed by atoms with Crippen molar-refractivity contribution in [2.24, 2.45) is 5.73 Å². The number of aldehydes is 1. The summed E-state index contributed by atoms with van der Waals surface area (Å²) in [7, 11) is 0. The van der Waals surface area contributed by atoms with Crippen LogP contribution < -0.4 is 5.73 Å². The minimum absolute atomic E-state index is 0.324. The first-order valence-corrected chi connectivity index (χ1v) is 6.54. The fourth-order valence-corrected chi connectivity index (χ4v) is 2.51. The van der Waals surface area contributed by atoms with Crippen LogP contribution in [0.25, 0.3) is 0 Å². The van der Waals surface area contributed by atoms with Crippen LogP contribution in [-0.2, 0) is 0 Å². The third kappa shape index (κ3) is 3.16. The Hall–Kier alpha value is -1.35. The van der Waals surface area contributed by atoms with E-state index in [9.17, 15) is 4.79 Å². The highest BCUT2D eigenvalue weighted by Crippen LogP contribution is 2.27. The van der Waals surface area contributed by atoms with E-state index in [1.807, 2.05) is 19.1 Å². The maximum Gasteiger partial charge on any atom is 0.150 e. The minimum Gasteiger partial charge on any atom is -0.320 e. The lowest BCUT2D eigenvalue weighted by molar-refractivity contribution is 0.112. The Morgan fingerprint density at radius 3 is 2.21 bits per heavy atom. The predicted molar refractivity (Wildman–Crippen MR) is 79.1 cm³/mol. The molecular weight excluding hydrogens is 281 g/mol. The second-order valence-corrected chi connectivity index (χ2v) is 5.29. The molecule has 0 fully saturated rings. The molecule has 0 aliphatic rings. The highest BCUT2D eigenvalue weighted by molar-refractivity contribution is 6.34. The van der Waals surface area contributed by atoms with Gasteiger partial charge in [0.2, 0.25) is 0 Å². The number of rotatable bonds is 3. The Labute approximate surface area is 122 Å². The number of carbonyl (C=O) groups is 1. The van der Waals surface area contributed by atoms with E-state index in [1.165, 1.54) is 0 Å². The lowest BCUT2D eigenvalue weighted by Gasteiger charge is -2.14. The van der Waals surface area contributed by atoms with Crippen LogP contribution in [0.2, 0.25) is 10.0 Å². The molecule has 2 aromatic carbocycles. The van der Waals surface area contributed by atoms with Crippen molar-refractivity contribution in [3.05, 3.63) is 68.7 Å². The molecule has 2 nitrogen and oxygen atoms in total. The Kier molecular flexibility index (Phi) is 4.25. The van der Waals surface area contributed by atoms with Gasteiger partial charge in [0.15, 0.2) is 0 Å². The van der Waals surface area contributed by atoms with Gasteiger partial charge in [-0.3, -0.25) is 4.79 Å². The van der Waals surface area contributed by atoms with E-state index in [-0.39, 0.29) is 6.04 Å². The molecule has 0 saturated carbocycles. The Morgan fingerprint density at radius 2 is 1.68 bits per heavy atom. The molecule has 0 spiro atoms. The van der Waals surface area contributed by atoms with Crippen molar-refractivity contribution in [3.8, 4) is 0 Å². The van der Waals surface area contributed by atoms with Crippen molar-refractivity contribution >= 4 is 29.5 Å². The van der Waals surface area contributed by atoms with Crippen molar-refractivity contribution in [2.45, 2.75) is 13.0 Å². The van der Waals surface area contributed by atoms with Gasteiger partial charge >= 0.3 is 0 Å². The molecule has 2 rings (SSSR count). The number of nitrogens with two attached hydrogens (primary N) is 1. The number of benzene rings is 2. The zero-order valence-electron chi connectivity index (χ0n) is 10.4. The zero-order chi connectivity index (χ0) is 14.0. The van der Waals surface area contributed by atoms with Crippen molar-refractivity contribution in [1.82, 2.24) is 0 Å². The van der Waals surface area contributed by atoms with Gasteiger partial charge in [0.1, 0.15) is 6.29 Å². The summed E-state index contributed by atoms with van der Waals surface area (Å²) in [5, 5.41) is 1.11. The van der Waals surface area contributed by atoms with Crippen LogP contribution in [0.3, 0.4) is 0 Å². The van der Waals surface area contributed by atoms with Gasteiger partial charge in [-0.2, -0.15) is 0 Å². The maximum atomic E-state index is 10.8. The number of halogens is 2. The molecule has 0 heterocycles. The van der Waals surface area contributed by atoms with Gasteiger partial charge in [-0.05, 0) is 41.8 Å². The molecule has 19 heavy (non-hydrogen) atoms. The highest BCUT2D eigenvalue weighted by atomic mass is 35.5. The Morgan fingerprint density at radius 1 is 1.05 bits per heavy atom. The summed E-state index contributed by atoms with van der Waals surface area (Å²) in [4.78, 5) is 10.8. The Bertz CT molecular complexity index is 605. The summed E-state index contributed by atoms with van der Waals surface area (Å²) in [6.07, 6.45) is 0.834. The van der Waals surface area contributed by atoms with E-state index in [2.05, 4.69) is 0 Å². The maximum absolute atomic E-state index is 10.8. The summed E-state index contributed by atoms with van der Waals surface area (Å²) in [5.41, 5.74) is 9.54. The molecule has 0 aliphatic carbocycles. The van der Waals surface area contributed by atoms with Crippen molar-refractivity contribution < 1.29 is 4.79 Å². The SMILES string of the molecule is Cc1cc(C(N)c2cc(Cl)cc(Cl)c2)ccc1C=O. The first-order valence-electron chi connectivity index (χ1n) is 5.78. The number of hydrogen-bond donors (Lipinski definition) is 1. The number of hydrogen-bond acceptors (Lipinski definition) is 2. The summed E-state index contributed by atoms with van der Waals surface area (Å²) in [6.45, 7) is 1.88. The lowest BCUT2D eigenvalue weighted by Crippen LogP contribution is -2.12. The van der Waals surface area contributed by atoms with Gasteiger partial charge in [0.25, 0.3) is 0 Å². The molecule has 98 valence electrons. The number of aryl methyl sites for hydroxylation is 1. The molecule has 0 amide bonds. The van der Waals surface area contributed by atoms with Gasteiger partial charge in [-0.1, -0.05) is 41.4 Å². The first-order chi connectivity index (χ1) is 9.01. The van der Waals surface area contributed by atoms with Gasteiger partial charge in [0, 0.05) is 15.6 Å². The normalized spacial score (nSPS) is 12.2. The average molecular weight is 294 g/mol. The molecule has 0 saturated heterocycles. The zero-order valence-corrected chi connectivity index (χ0v) is 11.9. The van der Waals surface area contributed by atoms with Crippen LogP contribution in [0, 0.1) is 6.92 Å². The summed E-state index contributed by atoms with van der Waals surface area (Å²) in [6, 6.07) is 10.4. The molecule has 0 aliphatic heterocycles. The second kappa shape index (κ2) is 5.74. The van der Waals surface area contributed by atoms with Crippen LogP contribution >= 0.6 is 23.2 Å². The first kappa shape index (κ1) is 14.1. The van der Waals surface area contributed by atoms with Gasteiger partial charge < -0.3 is 5.73 Å². The molecule has 0 radical (unpaired) electrons. The fourth-order valence-electron chi connectivity index (χ4n) is 1.97. The topological polar surface area (TPSA) is 43.1 Å². The third-order valence-electron chi connectivity index (χ3n) is 3.02. The van der Waals surface area contributed by atoms with Gasteiger partial charge in [0.05, 0.1) is 6.04 Å². The van der Waals surface area contributed by atoms with Crippen molar-refractivity contribution in [3.63, 3.8) is 0 Å². The molecule has 4 heteroatoms. The average Bonchev–Trinajstić information content (AvgIpc) is 2.36. The third-order valence-corrected chi connectivity index (χ3v) is 3.46. The molecule has 1 unspecified atom stereocenters. The molecule has 1 atom stereocenters. The van der Waals surface area contributed by atoms with Crippen LogP contribution in [0.5, 0.6) is 0 Å². The monoisotopic (exact) mass is 293 g/mol. The summed E-state index contributed by atoms with van der Waals surface area (Å²) in [5.74, 6) is 0. The van der Waals surface area contributed by atoms with E-state index in [0.29, 0.717) is 15.6 Å². The van der Waals surface area contributed by atoms with Crippen LogP contribution in [0.4, 0.5) is 0 Å². The van der Waals surface area contributed by atoms with Crippen LogP contribution in [0.1, 0.15) is 33.1 Å². The molecule has 0 aromatic heterocycles. The van der Waals surface area contributed by atoms with Crippen LogP contribution in [0.15, 0.2) is 36.4 Å². The summed E-state index contributed by atoms with van der Waals surface area (Å²) >= 11 is 11.9. The van der Waals surface area contributed by atoms with Crippen molar-refractivity contribution in [2.75, 3.05) is 0 Å². The van der Waals surface area contributed by atoms with E-state index < -0.39 is 0 Å². The molecule has 2 N–H and O–H groups in total. The summed E-state index contributed by atoms with van der Waals surface area (Å²) < 4.78 is 0. The van der Waals surface area contributed by atoms with E-state index in [0.717, 1.165) is 23.0 Å². The van der Waals surface area contributed by atoms with Crippen molar-refractivity contribution in [1.29, 1.82) is 0 Å². The lowest BCUT2D eigenvalue weighted by atomic mass is 9.96. The van der Waals surface area contributed by atoms with E-state index in [1.54, 1.807) is 24.3 Å². The highest BCUT2D eigenvalue weighted by Gasteiger charge is 2.11. The van der Waals surface area contributed by atoms with Gasteiger partial charge in [-0.15, -0.1) is 0 Å². The standard InChI is InChI=1S/C15H13Cl2NO/c1-9-4-10(2-3-11(9)8-19)15(18)12-5-13(16)7-14(17)6-12/h2-8,15H,18H2,1H3. The minimum atomic E-state index is -0.324. The largest absolute Gasteiger partial charge is 0.320 e.